The molecule has 5 heteroatoms. The lowest BCUT2D eigenvalue weighted by Gasteiger charge is -2.10. The molecule has 1 aromatic carbocycles. The van der Waals surface area contributed by atoms with Crippen molar-refractivity contribution in [3.63, 3.8) is 0 Å². The van der Waals surface area contributed by atoms with Crippen LogP contribution in [0.1, 0.15) is 19.4 Å². The van der Waals surface area contributed by atoms with Crippen molar-refractivity contribution in [3.05, 3.63) is 51.6 Å². The molecule has 0 aliphatic carbocycles. The van der Waals surface area contributed by atoms with E-state index in [1.54, 1.807) is 12.3 Å². The molecule has 0 atom stereocenters. The smallest absolute Gasteiger partial charge is 0.219 e. The average Bonchev–Trinajstić information content (AvgIpc) is 2.43. The van der Waals surface area contributed by atoms with Crippen molar-refractivity contribution in [2.45, 2.75) is 20.4 Å². The van der Waals surface area contributed by atoms with Crippen LogP contribution in [0.15, 0.2) is 41.0 Å². The van der Waals surface area contributed by atoms with Gasteiger partial charge in [-0.15, -0.1) is 0 Å². The number of rotatable bonds is 6. The molecule has 21 heavy (non-hydrogen) atoms. The number of hydrogen-bond donors (Lipinski definition) is 1. The Labute approximate surface area is 138 Å². The first-order chi connectivity index (χ1) is 10.0. The summed E-state index contributed by atoms with van der Waals surface area (Å²) >= 11 is 9.52. The summed E-state index contributed by atoms with van der Waals surface area (Å²) in [5.41, 5.74) is 1.13. The maximum absolute atomic E-state index is 6.12. The molecule has 0 saturated heterocycles. The first-order valence-corrected chi connectivity index (χ1v) is 8.00. The van der Waals surface area contributed by atoms with Crippen LogP contribution >= 0.6 is 27.5 Å². The summed E-state index contributed by atoms with van der Waals surface area (Å²) in [7, 11) is 0. The zero-order valence-electron chi connectivity index (χ0n) is 12.1. The van der Waals surface area contributed by atoms with Crippen molar-refractivity contribution in [1.29, 1.82) is 0 Å². The van der Waals surface area contributed by atoms with Gasteiger partial charge in [0.25, 0.3) is 0 Å². The summed E-state index contributed by atoms with van der Waals surface area (Å²) < 4.78 is 6.67. The van der Waals surface area contributed by atoms with Crippen LogP contribution in [0.5, 0.6) is 11.6 Å². The molecule has 0 fully saturated rings. The number of nitrogens with one attached hydrogen (secondary N) is 1. The molecule has 112 valence electrons. The highest BCUT2D eigenvalue weighted by Gasteiger charge is 2.06. The first kappa shape index (κ1) is 16.3. The van der Waals surface area contributed by atoms with Crippen LogP contribution in [0, 0.1) is 5.92 Å². The Bertz CT molecular complexity index is 605. The maximum atomic E-state index is 6.12. The minimum atomic E-state index is 0.541. The molecule has 0 saturated carbocycles. The highest BCUT2D eigenvalue weighted by Crippen LogP contribution is 2.31. The van der Waals surface area contributed by atoms with Gasteiger partial charge >= 0.3 is 0 Å². The highest BCUT2D eigenvalue weighted by atomic mass is 79.9. The summed E-state index contributed by atoms with van der Waals surface area (Å²) in [6.07, 6.45) is 1.74. The molecule has 0 spiro atoms. The molecule has 0 bridgehead atoms. The monoisotopic (exact) mass is 368 g/mol. The van der Waals surface area contributed by atoms with E-state index in [4.69, 9.17) is 16.3 Å². The van der Waals surface area contributed by atoms with Gasteiger partial charge in [0.1, 0.15) is 5.75 Å². The zero-order chi connectivity index (χ0) is 15.2. The van der Waals surface area contributed by atoms with Gasteiger partial charge < -0.3 is 10.1 Å². The summed E-state index contributed by atoms with van der Waals surface area (Å²) in [5.74, 6) is 1.76. The molecule has 2 aromatic rings. The van der Waals surface area contributed by atoms with Crippen molar-refractivity contribution < 1.29 is 4.74 Å². The average molecular weight is 370 g/mol. The third-order valence-corrected chi connectivity index (χ3v) is 3.59. The molecule has 0 aliphatic heterocycles. The van der Waals surface area contributed by atoms with Crippen LogP contribution in [0.3, 0.4) is 0 Å². The fraction of sp³-hybridized carbons (Fsp3) is 0.312. The molecule has 1 aromatic heterocycles. The van der Waals surface area contributed by atoms with Gasteiger partial charge in [0.05, 0.1) is 5.02 Å². The Morgan fingerprint density at radius 3 is 2.86 bits per heavy atom. The van der Waals surface area contributed by atoms with Crippen molar-refractivity contribution in [1.82, 2.24) is 10.3 Å². The topological polar surface area (TPSA) is 34.2 Å². The first-order valence-electron chi connectivity index (χ1n) is 6.83. The SMILES string of the molecule is CC(C)CNCc1ccnc(Oc2cc(Br)ccc2Cl)c1. The van der Waals surface area contributed by atoms with Gasteiger partial charge in [0.15, 0.2) is 0 Å². The van der Waals surface area contributed by atoms with E-state index >= 15 is 0 Å². The fourth-order valence-electron chi connectivity index (χ4n) is 1.79. The zero-order valence-corrected chi connectivity index (χ0v) is 14.4. The molecule has 0 unspecified atom stereocenters. The molecular weight excluding hydrogens is 352 g/mol. The highest BCUT2D eigenvalue weighted by molar-refractivity contribution is 9.10. The van der Waals surface area contributed by atoms with Gasteiger partial charge in [-0.25, -0.2) is 4.98 Å². The molecule has 3 nitrogen and oxygen atoms in total. The maximum Gasteiger partial charge on any atom is 0.219 e. The van der Waals surface area contributed by atoms with Crippen LogP contribution in [0.2, 0.25) is 5.02 Å². The number of ether oxygens (including phenoxy) is 1. The van der Waals surface area contributed by atoms with Gasteiger partial charge in [-0.2, -0.15) is 0 Å². The third-order valence-electron chi connectivity index (χ3n) is 2.79. The summed E-state index contributed by atoms with van der Waals surface area (Å²) in [5, 5.41) is 3.95. The normalized spacial score (nSPS) is 10.9. The minimum Gasteiger partial charge on any atom is -0.437 e. The number of nitrogens with zero attached hydrogens (tertiary/aromatic N) is 1. The Morgan fingerprint density at radius 1 is 1.29 bits per heavy atom. The molecule has 1 N–H and O–H groups in total. The van der Waals surface area contributed by atoms with E-state index in [9.17, 15) is 0 Å². The van der Waals surface area contributed by atoms with E-state index in [2.05, 4.69) is 40.1 Å². The fourth-order valence-corrected chi connectivity index (χ4v) is 2.29. The van der Waals surface area contributed by atoms with E-state index in [-0.39, 0.29) is 0 Å². The number of aromatic nitrogens is 1. The number of hydrogen-bond acceptors (Lipinski definition) is 3. The number of benzene rings is 1. The van der Waals surface area contributed by atoms with Crippen LogP contribution in [-0.4, -0.2) is 11.5 Å². The number of pyridine rings is 1. The van der Waals surface area contributed by atoms with Gasteiger partial charge in [0, 0.05) is 23.3 Å². The molecule has 0 radical (unpaired) electrons. The van der Waals surface area contributed by atoms with Gasteiger partial charge in [-0.1, -0.05) is 41.4 Å². The molecule has 1 heterocycles. The van der Waals surface area contributed by atoms with E-state index in [0.717, 1.165) is 23.1 Å². The second-order valence-corrected chi connectivity index (χ2v) is 6.53. The van der Waals surface area contributed by atoms with Crippen molar-refractivity contribution in [3.8, 4) is 11.6 Å². The van der Waals surface area contributed by atoms with Crippen LogP contribution in [0.25, 0.3) is 0 Å². The number of halogens is 2. The van der Waals surface area contributed by atoms with Gasteiger partial charge in [0.2, 0.25) is 5.88 Å². The molecular formula is C16H18BrClN2O. The second kappa shape index (κ2) is 7.78. The van der Waals surface area contributed by atoms with Crippen LogP contribution < -0.4 is 10.1 Å². The molecule has 0 amide bonds. The Morgan fingerprint density at radius 2 is 2.10 bits per heavy atom. The predicted molar refractivity (Wildman–Crippen MR) is 90.0 cm³/mol. The van der Waals surface area contributed by atoms with Gasteiger partial charge in [-0.3, -0.25) is 0 Å². The standard InChI is InChI=1S/C16H18BrClN2O/c1-11(2)9-19-10-12-5-6-20-16(7-12)21-15-8-13(17)3-4-14(15)18/h3-8,11,19H,9-10H2,1-2H3. The van der Waals surface area contributed by atoms with Crippen molar-refractivity contribution in [2.24, 2.45) is 5.92 Å². The quantitative estimate of drug-likeness (QED) is 0.775. The summed E-state index contributed by atoms with van der Waals surface area (Å²) in [6.45, 7) is 6.14. The molecule has 2 rings (SSSR count). The lowest BCUT2D eigenvalue weighted by atomic mass is 10.2. The largest absolute Gasteiger partial charge is 0.437 e. The van der Waals surface area contributed by atoms with E-state index < -0.39 is 0 Å². The molecule has 0 aliphatic rings. The van der Waals surface area contributed by atoms with E-state index in [0.29, 0.717) is 22.6 Å². The Hall–Kier alpha value is -1.10. The second-order valence-electron chi connectivity index (χ2n) is 5.20. The van der Waals surface area contributed by atoms with Crippen molar-refractivity contribution in [2.75, 3.05) is 6.54 Å². The van der Waals surface area contributed by atoms with E-state index in [1.807, 2.05) is 24.3 Å². The summed E-state index contributed by atoms with van der Waals surface area (Å²) in [4.78, 5) is 4.22. The van der Waals surface area contributed by atoms with Crippen LogP contribution in [0.4, 0.5) is 0 Å². The summed E-state index contributed by atoms with van der Waals surface area (Å²) in [6, 6.07) is 9.38. The van der Waals surface area contributed by atoms with E-state index in [1.165, 1.54) is 0 Å². The minimum absolute atomic E-state index is 0.541. The predicted octanol–water partition coefficient (Wildman–Crippen LogP) is 5.04. The Kier molecular flexibility index (Phi) is 6.03. The lowest BCUT2D eigenvalue weighted by molar-refractivity contribution is 0.461. The lowest BCUT2D eigenvalue weighted by Crippen LogP contribution is -2.18. The van der Waals surface area contributed by atoms with Gasteiger partial charge in [-0.05, 0) is 42.3 Å². The van der Waals surface area contributed by atoms with Crippen LogP contribution in [-0.2, 0) is 6.54 Å². The van der Waals surface area contributed by atoms with Crippen molar-refractivity contribution >= 4 is 27.5 Å². The Balaban J connectivity index is 2.05. The third kappa shape index (κ3) is 5.30.